The van der Waals surface area contributed by atoms with Crippen molar-refractivity contribution in [3.05, 3.63) is 48.5 Å². The van der Waals surface area contributed by atoms with E-state index in [1.54, 1.807) is 12.5 Å². The topological polar surface area (TPSA) is 53.6 Å². The Bertz CT molecular complexity index is 537. The third-order valence-corrected chi connectivity index (χ3v) is 3.15. The van der Waals surface area contributed by atoms with Gasteiger partial charge in [0, 0.05) is 30.7 Å². The normalized spacial score (nSPS) is 13.7. The van der Waals surface area contributed by atoms with Gasteiger partial charge in [-0.05, 0) is 31.5 Å². The van der Waals surface area contributed by atoms with Crippen LogP contribution in [0.15, 0.2) is 43.0 Å². The molecule has 0 aliphatic carbocycles. The second-order valence-corrected chi connectivity index (χ2v) is 4.72. The van der Waals surface area contributed by atoms with Crippen LogP contribution in [0.1, 0.15) is 25.5 Å². The van der Waals surface area contributed by atoms with Crippen LogP contribution < -0.4 is 5.32 Å². The molecule has 0 spiro atoms. The van der Waals surface area contributed by atoms with Crippen LogP contribution in [-0.2, 0) is 0 Å². The number of nitriles is 1. The monoisotopic (exact) mass is 254 g/mol. The number of benzene rings is 1. The highest BCUT2D eigenvalue weighted by atomic mass is 15.0. The van der Waals surface area contributed by atoms with E-state index in [0.29, 0.717) is 6.54 Å². The fourth-order valence-corrected chi connectivity index (χ4v) is 1.86. The summed E-state index contributed by atoms with van der Waals surface area (Å²) in [6, 6.07) is 10.8. The van der Waals surface area contributed by atoms with Crippen LogP contribution in [0.4, 0.5) is 0 Å². The van der Waals surface area contributed by atoms with E-state index in [9.17, 15) is 0 Å². The minimum absolute atomic E-state index is 0.0349. The summed E-state index contributed by atoms with van der Waals surface area (Å²) < 4.78 is 1.97. The highest BCUT2D eigenvalue weighted by Gasteiger charge is 2.07. The van der Waals surface area contributed by atoms with E-state index in [1.165, 1.54) is 5.56 Å². The van der Waals surface area contributed by atoms with Gasteiger partial charge >= 0.3 is 0 Å². The summed E-state index contributed by atoms with van der Waals surface area (Å²) in [5, 5.41) is 12.1. The number of hydrogen-bond acceptors (Lipinski definition) is 3. The third-order valence-electron chi connectivity index (χ3n) is 3.15. The lowest BCUT2D eigenvalue weighted by atomic mass is 10.1. The standard InChI is InChI=1S/C15H18N4/c1-12(9-16)10-18-13(2)14-3-5-15(6-4-14)19-8-7-17-11-19/h3-8,11-13,18H,10H2,1-2H3/t12-,13-/m1/s1. The molecule has 0 aliphatic rings. The van der Waals surface area contributed by atoms with Crippen LogP contribution >= 0.6 is 0 Å². The minimum Gasteiger partial charge on any atom is -0.309 e. The fourth-order valence-electron chi connectivity index (χ4n) is 1.86. The van der Waals surface area contributed by atoms with Crippen molar-refractivity contribution in [1.29, 1.82) is 5.26 Å². The number of nitrogens with one attached hydrogen (secondary N) is 1. The van der Waals surface area contributed by atoms with E-state index in [0.717, 1.165) is 5.69 Å². The second kappa shape index (κ2) is 6.17. The molecule has 0 saturated heterocycles. The molecule has 1 aromatic carbocycles. The Balaban J connectivity index is 2.00. The molecule has 0 fully saturated rings. The molecule has 4 heteroatoms. The number of hydrogen-bond donors (Lipinski definition) is 1. The molecule has 2 atom stereocenters. The average molecular weight is 254 g/mol. The molecule has 0 unspecified atom stereocenters. The van der Waals surface area contributed by atoms with Crippen molar-refractivity contribution in [2.45, 2.75) is 19.9 Å². The second-order valence-electron chi connectivity index (χ2n) is 4.72. The number of nitrogens with zero attached hydrogens (tertiary/aromatic N) is 3. The van der Waals surface area contributed by atoms with E-state index in [-0.39, 0.29) is 12.0 Å². The van der Waals surface area contributed by atoms with Crippen molar-refractivity contribution in [3.8, 4) is 11.8 Å². The van der Waals surface area contributed by atoms with E-state index in [2.05, 4.69) is 47.6 Å². The largest absolute Gasteiger partial charge is 0.309 e. The molecule has 0 amide bonds. The van der Waals surface area contributed by atoms with Crippen LogP contribution in [0.25, 0.3) is 5.69 Å². The lowest BCUT2D eigenvalue weighted by Gasteiger charge is -2.15. The van der Waals surface area contributed by atoms with Gasteiger partial charge < -0.3 is 9.88 Å². The van der Waals surface area contributed by atoms with Gasteiger partial charge in [0.15, 0.2) is 0 Å². The first kappa shape index (κ1) is 13.3. The molecule has 4 nitrogen and oxygen atoms in total. The van der Waals surface area contributed by atoms with Crippen LogP contribution in [0, 0.1) is 17.2 Å². The summed E-state index contributed by atoms with van der Waals surface area (Å²) in [6.07, 6.45) is 5.47. The van der Waals surface area contributed by atoms with Gasteiger partial charge in [0.1, 0.15) is 0 Å². The van der Waals surface area contributed by atoms with Crippen molar-refractivity contribution in [2.75, 3.05) is 6.54 Å². The van der Waals surface area contributed by atoms with E-state index < -0.39 is 0 Å². The van der Waals surface area contributed by atoms with Crippen molar-refractivity contribution in [2.24, 2.45) is 5.92 Å². The molecule has 0 saturated carbocycles. The minimum atomic E-state index is 0.0349. The molecule has 0 bridgehead atoms. The van der Waals surface area contributed by atoms with E-state index >= 15 is 0 Å². The summed E-state index contributed by atoms with van der Waals surface area (Å²) in [4.78, 5) is 4.03. The third kappa shape index (κ3) is 3.43. The molecule has 2 rings (SSSR count). The van der Waals surface area contributed by atoms with Gasteiger partial charge in [0.25, 0.3) is 0 Å². The summed E-state index contributed by atoms with van der Waals surface area (Å²) in [5.74, 6) is 0.0349. The first-order valence-electron chi connectivity index (χ1n) is 6.42. The predicted molar refractivity (Wildman–Crippen MR) is 74.8 cm³/mol. The Labute approximate surface area is 113 Å². The maximum absolute atomic E-state index is 8.76. The Kier molecular flexibility index (Phi) is 4.32. The first-order chi connectivity index (χ1) is 9.20. The van der Waals surface area contributed by atoms with Crippen molar-refractivity contribution < 1.29 is 0 Å². The van der Waals surface area contributed by atoms with E-state index in [1.807, 2.05) is 17.7 Å². The quantitative estimate of drug-likeness (QED) is 0.892. The van der Waals surface area contributed by atoms with E-state index in [4.69, 9.17) is 5.26 Å². The van der Waals surface area contributed by atoms with Gasteiger partial charge in [-0.2, -0.15) is 5.26 Å². The van der Waals surface area contributed by atoms with Crippen LogP contribution in [-0.4, -0.2) is 16.1 Å². The fraction of sp³-hybridized carbons (Fsp3) is 0.333. The Morgan fingerprint density at radius 2 is 2.05 bits per heavy atom. The van der Waals surface area contributed by atoms with Crippen molar-refractivity contribution in [3.63, 3.8) is 0 Å². The zero-order chi connectivity index (χ0) is 13.7. The summed E-state index contributed by atoms with van der Waals surface area (Å²) in [6.45, 7) is 4.74. The first-order valence-corrected chi connectivity index (χ1v) is 6.42. The molecule has 1 heterocycles. The number of aromatic nitrogens is 2. The predicted octanol–water partition coefficient (Wildman–Crippen LogP) is 2.68. The SMILES string of the molecule is C[C@H](C#N)CN[C@H](C)c1ccc(-n2ccnc2)cc1. The van der Waals surface area contributed by atoms with Crippen molar-refractivity contribution in [1.82, 2.24) is 14.9 Å². The maximum atomic E-state index is 8.76. The molecule has 1 N–H and O–H groups in total. The van der Waals surface area contributed by atoms with Gasteiger partial charge in [0.2, 0.25) is 0 Å². The Hall–Kier alpha value is -2.12. The number of rotatable bonds is 5. The zero-order valence-electron chi connectivity index (χ0n) is 11.2. The zero-order valence-corrected chi connectivity index (χ0v) is 11.2. The van der Waals surface area contributed by atoms with Gasteiger partial charge in [-0.3, -0.25) is 0 Å². The van der Waals surface area contributed by atoms with Crippen molar-refractivity contribution >= 4 is 0 Å². The summed E-state index contributed by atoms with van der Waals surface area (Å²) in [7, 11) is 0. The molecule has 19 heavy (non-hydrogen) atoms. The Morgan fingerprint density at radius 3 is 2.63 bits per heavy atom. The smallest absolute Gasteiger partial charge is 0.0991 e. The van der Waals surface area contributed by atoms with Crippen LogP contribution in [0.3, 0.4) is 0 Å². The number of imidazole rings is 1. The maximum Gasteiger partial charge on any atom is 0.0991 e. The lowest BCUT2D eigenvalue weighted by molar-refractivity contribution is 0.528. The average Bonchev–Trinajstić information content (AvgIpc) is 2.98. The van der Waals surface area contributed by atoms with Gasteiger partial charge in [-0.25, -0.2) is 4.98 Å². The molecular weight excluding hydrogens is 236 g/mol. The Morgan fingerprint density at radius 1 is 1.32 bits per heavy atom. The lowest BCUT2D eigenvalue weighted by Crippen LogP contribution is -2.23. The van der Waals surface area contributed by atoms with Gasteiger partial charge in [-0.1, -0.05) is 12.1 Å². The molecule has 98 valence electrons. The highest BCUT2D eigenvalue weighted by molar-refractivity contribution is 5.35. The van der Waals surface area contributed by atoms with Crippen LogP contribution in [0.2, 0.25) is 0 Å². The van der Waals surface area contributed by atoms with Gasteiger partial charge in [0.05, 0.1) is 18.3 Å². The molecule has 1 aromatic heterocycles. The molecular formula is C15H18N4. The molecule has 2 aromatic rings. The molecule has 0 aliphatic heterocycles. The molecule has 0 radical (unpaired) electrons. The highest BCUT2D eigenvalue weighted by Crippen LogP contribution is 2.15. The summed E-state index contributed by atoms with van der Waals surface area (Å²) >= 11 is 0. The van der Waals surface area contributed by atoms with Gasteiger partial charge in [-0.15, -0.1) is 0 Å². The van der Waals surface area contributed by atoms with Crippen LogP contribution in [0.5, 0.6) is 0 Å². The summed E-state index contributed by atoms with van der Waals surface area (Å²) in [5.41, 5.74) is 2.31.